The van der Waals surface area contributed by atoms with Crippen molar-refractivity contribution < 1.29 is 14.7 Å². The molecular weight excluding hydrogens is 228 g/mol. The van der Waals surface area contributed by atoms with Gasteiger partial charge in [0, 0.05) is 0 Å². The number of nitrogens with zero attached hydrogens (tertiary/aromatic N) is 1. The van der Waals surface area contributed by atoms with E-state index in [1.165, 1.54) is 11.3 Å². The highest BCUT2D eigenvalue weighted by Gasteiger charge is 2.25. The lowest BCUT2D eigenvalue weighted by Gasteiger charge is -2.17. The Morgan fingerprint density at radius 2 is 2.12 bits per heavy atom. The predicted octanol–water partition coefficient (Wildman–Crippen LogP) is 1.29. The molecule has 0 radical (unpaired) electrons. The van der Waals surface area contributed by atoms with E-state index in [-0.39, 0.29) is 11.8 Å². The van der Waals surface area contributed by atoms with E-state index in [9.17, 15) is 9.59 Å². The van der Waals surface area contributed by atoms with E-state index in [0.717, 1.165) is 0 Å². The molecule has 1 rings (SSSR count). The van der Waals surface area contributed by atoms with Gasteiger partial charge in [-0.15, -0.1) is 11.3 Å². The first-order chi connectivity index (χ1) is 7.43. The third kappa shape index (κ3) is 2.79. The zero-order chi connectivity index (χ0) is 12.3. The number of carbonyl (C=O) groups is 2. The smallest absolute Gasteiger partial charge is 0.326 e. The van der Waals surface area contributed by atoms with Gasteiger partial charge in [-0.05, 0) is 12.8 Å². The summed E-state index contributed by atoms with van der Waals surface area (Å²) in [5.41, 5.74) is 2.19. The number of amides is 1. The number of carbonyl (C=O) groups excluding carboxylic acids is 1. The molecule has 1 heterocycles. The van der Waals surface area contributed by atoms with Crippen LogP contribution in [0, 0.1) is 12.8 Å². The summed E-state index contributed by atoms with van der Waals surface area (Å²) in [5.74, 6) is -1.55. The van der Waals surface area contributed by atoms with E-state index >= 15 is 0 Å². The van der Waals surface area contributed by atoms with E-state index in [2.05, 4.69) is 10.3 Å². The number of carboxylic acids is 1. The third-order valence-corrected chi connectivity index (χ3v) is 3.10. The summed E-state index contributed by atoms with van der Waals surface area (Å²) in [4.78, 5) is 27.1. The summed E-state index contributed by atoms with van der Waals surface area (Å²) in [7, 11) is 0. The van der Waals surface area contributed by atoms with Crippen LogP contribution in [0.25, 0.3) is 0 Å². The van der Waals surface area contributed by atoms with Gasteiger partial charge in [-0.2, -0.15) is 0 Å². The summed E-state index contributed by atoms with van der Waals surface area (Å²) in [5, 5.41) is 11.4. The van der Waals surface area contributed by atoms with Crippen LogP contribution in [0.1, 0.15) is 29.2 Å². The maximum Gasteiger partial charge on any atom is 0.326 e. The van der Waals surface area contributed by atoms with Crippen LogP contribution in [-0.2, 0) is 4.79 Å². The van der Waals surface area contributed by atoms with Crippen LogP contribution in [0.4, 0.5) is 0 Å². The predicted molar refractivity (Wildman–Crippen MR) is 60.6 cm³/mol. The van der Waals surface area contributed by atoms with Crippen LogP contribution in [-0.4, -0.2) is 28.0 Å². The molecular formula is C10H14N2O3S. The summed E-state index contributed by atoms with van der Waals surface area (Å²) in [6, 6.07) is -0.867. The lowest BCUT2D eigenvalue weighted by molar-refractivity contribution is -0.140. The number of hydrogen-bond acceptors (Lipinski definition) is 4. The molecule has 1 aromatic rings. The average molecular weight is 242 g/mol. The molecule has 16 heavy (non-hydrogen) atoms. The fourth-order valence-electron chi connectivity index (χ4n) is 1.24. The van der Waals surface area contributed by atoms with Gasteiger partial charge in [-0.25, -0.2) is 9.78 Å². The Kier molecular flexibility index (Phi) is 4.00. The van der Waals surface area contributed by atoms with Crippen LogP contribution >= 0.6 is 11.3 Å². The minimum atomic E-state index is -1.02. The zero-order valence-electron chi connectivity index (χ0n) is 9.35. The van der Waals surface area contributed by atoms with Crippen LogP contribution in [0.5, 0.6) is 0 Å². The highest BCUT2D eigenvalue weighted by Crippen LogP contribution is 2.13. The first-order valence-corrected chi connectivity index (χ1v) is 5.75. The molecule has 0 spiro atoms. The molecule has 0 aromatic carbocycles. The number of aryl methyl sites for hydroxylation is 1. The number of aromatic nitrogens is 1. The Morgan fingerprint density at radius 1 is 1.50 bits per heavy atom. The van der Waals surface area contributed by atoms with Crippen molar-refractivity contribution >= 4 is 23.2 Å². The Bertz CT molecular complexity index is 401. The van der Waals surface area contributed by atoms with Gasteiger partial charge in [-0.3, -0.25) is 4.79 Å². The van der Waals surface area contributed by atoms with E-state index in [0.29, 0.717) is 10.6 Å². The first-order valence-electron chi connectivity index (χ1n) is 4.87. The number of nitrogens with one attached hydrogen (secondary N) is 1. The molecule has 0 bridgehead atoms. The molecule has 0 unspecified atom stereocenters. The van der Waals surface area contributed by atoms with Crippen molar-refractivity contribution in [1.29, 1.82) is 0 Å². The molecule has 6 heteroatoms. The molecule has 0 fully saturated rings. The number of aliphatic carboxylic acids is 1. The molecule has 2 N–H and O–H groups in total. The first kappa shape index (κ1) is 12.6. The minimum Gasteiger partial charge on any atom is -0.480 e. The van der Waals surface area contributed by atoms with E-state index in [1.54, 1.807) is 26.3 Å². The molecule has 0 aliphatic rings. The standard InChI is InChI=1S/C10H14N2O3S/c1-5(2)7(10(14)15)12-9(13)8-6(3)11-4-16-8/h4-5,7H,1-3H3,(H,12,13)(H,14,15)/t7-/m0/s1. The average Bonchev–Trinajstić information content (AvgIpc) is 2.59. The molecule has 0 saturated heterocycles. The number of rotatable bonds is 4. The van der Waals surface area contributed by atoms with Gasteiger partial charge in [0.15, 0.2) is 0 Å². The number of hydrogen-bond donors (Lipinski definition) is 2. The Balaban J connectivity index is 2.77. The maximum absolute atomic E-state index is 11.7. The quantitative estimate of drug-likeness (QED) is 0.833. The van der Waals surface area contributed by atoms with Crippen molar-refractivity contribution in [2.24, 2.45) is 5.92 Å². The van der Waals surface area contributed by atoms with Crippen LogP contribution in [0.3, 0.4) is 0 Å². The normalized spacial score (nSPS) is 12.5. The molecule has 1 aromatic heterocycles. The zero-order valence-corrected chi connectivity index (χ0v) is 10.2. The maximum atomic E-state index is 11.7. The van der Waals surface area contributed by atoms with Crippen molar-refractivity contribution in [1.82, 2.24) is 10.3 Å². The summed E-state index contributed by atoms with van der Waals surface area (Å²) >= 11 is 1.21. The monoisotopic (exact) mass is 242 g/mol. The Hall–Kier alpha value is -1.43. The molecule has 88 valence electrons. The molecule has 0 aliphatic carbocycles. The highest BCUT2D eigenvalue weighted by molar-refractivity contribution is 7.11. The summed E-state index contributed by atoms with van der Waals surface area (Å²) in [6.45, 7) is 5.22. The second kappa shape index (κ2) is 5.07. The summed E-state index contributed by atoms with van der Waals surface area (Å²) in [6.07, 6.45) is 0. The second-order valence-electron chi connectivity index (χ2n) is 3.80. The number of thiazole rings is 1. The van der Waals surface area contributed by atoms with Crippen LogP contribution in [0.15, 0.2) is 5.51 Å². The second-order valence-corrected chi connectivity index (χ2v) is 4.66. The molecule has 0 aliphatic heterocycles. The Labute approximate surface area is 97.5 Å². The summed E-state index contributed by atoms with van der Waals surface area (Å²) < 4.78 is 0. The molecule has 0 saturated carbocycles. The van der Waals surface area contributed by atoms with Crippen LogP contribution < -0.4 is 5.32 Å². The number of carboxylic acid groups (broad SMARTS) is 1. The molecule has 5 nitrogen and oxygen atoms in total. The van der Waals surface area contributed by atoms with Gasteiger partial charge in [0.25, 0.3) is 5.91 Å². The van der Waals surface area contributed by atoms with E-state index in [1.807, 2.05) is 0 Å². The van der Waals surface area contributed by atoms with Gasteiger partial charge in [0.05, 0.1) is 11.2 Å². The SMILES string of the molecule is Cc1ncsc1C(=O)N[C@H](C(=O)O)C(C)C. The van der Waals surface area contributed by atoms with E-state index < -0.39 is 12.0 Å². The topological polar surface area (TPSA) is 79.3 Å². The van der Waals surface area contributed by atoms with Gasteiger partial charge >= 0.3 is 5.97 Å². The Morgan fingerprint density at radius 3 is 2.50 bits per heavy atom. The van der Waals surface area contributed by atoms with Crippen molar-refractivity contribution in [2.75, 3.05) is 0 Å². The lowest BCUT2D eigenvalue weighted by atomic mass is 10.0. The van der Waals surface area contributed by atoms with Gasteiger partial charge in [0.1, 0.15) is 10.9 Å². The fraction of sp³-hybridized carbons (Fsp3) is 0.500. The van der Waals surface area contributed by atoms with Crippen LogP contribution in [0.2, 0.25) is 0 Å². The van der Waals surface area contributed by atoms with Crippen molar-refractivity contribution in [2.45, 2.75) is 26.8 Å². The van der Waals surface area contributed by atoms with Crippen molar-refractivity contribution in [3.63, 3.8) is 0 Å². The van der Waals surface area contributed by atoms with E-state index in [4.69, 9.17) is 5.11 Å². The van der Waals surface area contributed by atoms with Gasteiger partial charge in [0.2, 0.25) is 0 Å². The van der Waals surface area contributed by atoms with Gasteiger partial charge in [-0.1, -0.05) is 13.8 Å². The highest BCUT2D eigenvalue weighted by atomic mass is 32.1. The van der Waals surface area contributed by atoms with Gasteiger partial charge < -0.3 is 10.4 Å². The third-order valence-electron chi connectivity index (χ3n) is 2.17. The fourth-order valence-corrected chi connectivity index (χ4v) is 1.95. The van der Waals surface area contributed by atoms with Crippen molar-refractivity contribution in [3.05, 3.63) is 16.1 Å². The molecule has 1 amide bonds. The van der Waals surface area contributed by atoms with Crippen molar-refractivity contribution in [3.8, 4) is 0 Å². The molecule has 1 atom stereocenters. The lowest BCUT2D eigenvalue weighted by Crippen LogP contribution is -2.44. The largest absolute Gasteiger partial charge is 0.480 e. The minimum absolute atomic E-state index is 0.158.